The minimum Gasteiger partial charge on any atom is -0.481 e. The van der Waals surface area contributed by atoms with Crippen LogP contribution in [0.1, 0.15) is 22.5 Å². The fourth-order valence-electron chi connectivity index (χ4n) is 2.60. The Bertz CT molecular complexity index is 1210. The van der Waals surface area contributed by atoms with Gasteiger partial charge in [0.15, 0.2) is 11.2 Å². The van der Waals surface area contributed by atoms with Gasteiger partial charge < -0.3 is 26.6 Å². The highest BCUT2D eigenvalue weighted by Gasteiger charge is 2.23. The molecule has 31 heavy (non-hydrogen) atoms. The molecule has 1 atom stereocenters. The summed E-state index contributed by atoms with van der Waals surface area (Å²) in [4.78, 5) is 60.3. The van der Waals surface area contributed by atoms with Crippen molar-refractivity contribution in [2.75, 3.05) is 11.1 Å². The lowest BCUT2D eigenvalue weighted by Gasteiger charge is -2.13. The van der Waals surface area contributed by atoms with Gasteiger partial charge in [-0.25, -0.2) is 14.8 Å². The van der Waals surface area contributed by atoms with Gasteiger partial charge in [0, 0.05) is 11.3 Å². The predicted molar refractivity (Wildman–Crippen MR) is 107 cm³/mol. The van der Waals surface area contributed by atoms with Crippen LogP contribution < -0.4 is 21.9 Å². The highest BCUT2D eigenvalue weighted by molar-refractivity contribution is 5.97. The number of nitrogen functional groups attached to an aromatic ring is 1. The Kier molecular flexibility index (Phi) is 6.05. The first-order chi connectivity index (χ1) is 14.7. The summed E-state index contributed by atoms with van der Waals surface area (Å²) < 4.78 is 0. The maximum absolute atomic E-state index is 12.2. The Balaban J connectivity index is 1.65. The summed E-state index contributed by atoms with van der Waals surface area (Å²) in [5.41, 5.74) is 6.37. The van der Waals surface area contributed by atoms with Crippen LogP contribution in [0, 0.1) is 0 Å². The molecule has 0 aliphatic heterocycles. The van der Waals surface area contributed by atoms with Crippen LogP contribution in [0.3, 0.4) is 0 Å². The van der Waals surface area contributed by atoms with Crippen molar-refractivity contribution < 1.29 is 24.6 Å². The minimum absolute atomic E-state index is 0.0508. The van der Waals surface area contributed by atoms with Crippen molar-refractivity contribution in [2.24, 2.45) is 0 Å². The largest absolute Gasteiger partial charge is 0.481 e. The van der Waals surface area contributed by atoms with Gasteiger partial charge in [-0.3, -0.25) is 19.4 Å². The van der Waals surface area contributed by atoms with Crippen molar-refractivity contribution >= 4 is 40.6 Å². The first-order valence-electron chi connectivity index (χ1n) is 8.83. The van der Waals surface area contributed by atoms with Crippen molar-refractivity contribution in [3.8, 4) is 0 Å². The van der Waals surface area contributed by atoms with E-state index in [1.165, 1.54) is 18.3 Å². The van der Waals surface area contributed by atoms with Crippen LogP contribution in [0.25, 0.3) is 11.2 Å². The molecular weight excluding hydrogens is 410 g/mol. The van der Waals surface area contributed by atoms with E-state index in [9.17, 15) is 19.2 Å². The highest BCUT2D eigenvalue weighted by Crippen LogP contribution is 2.12. The predicted octanol–water partition coefficient (Wildman–Crippen LogP) is -0.435. The van der Waals surface area contributed by atoms with Gasteiger partial charge in [0.05, 0.1) is 24.9 Å². The summed E-state index contributed by atoms with van der Waals surface area (Å²) in [6, 6.07) is 4.50. The molecule has 13 nitrogen and oxygen atoms in total. The molecule has 3 aromatic rings. The first kappa shape index (κ1) is 21.2. The van der Waals surface area contributed by atoms with Crippen LogP contribution in [-0.2, 0) is 16.1 Å². The van der Waals surface area contributed by atoms with Gasteiger partial charge in [0.1, 0.15) is 6.04 Å². The minimum atomic E-state index is -1.54. The van der Waals surface area contributed by atoms with Crippen molar-refractivity contribution in [3.63, 3.8) is 0 Å². The van der Waals surface area contributed by atoms with E-state index in [1.807, 2.05) is 0 Å². The zero-order valence-electron chi connectivity index (χ0n) is 15.8. The summed E-state index contributed by atoms with van der Waals surface area (Å²) in [5, 5.41) is 22.9. The normalized spacial score (nSPS) is 11.6. The third-order valence-corrected chi connectivity index (χ3v) is 4.09. The van der Waals surface area contributed by atoms with E-state index >= 15 is 0 Å². The smallest absolute Gasteiger partial charge is 0.326 e. The molecule has 0 bridgehead atoms. The topological polar surface area (TPSA) is 213 Å². The summed E-state index contributed by atoms with van der Waals surface area (Å²) in [7, 11) is 0. The van der Waals surface area contributed by atoms with E-state index in [-0.39, 0.29) is 29.2 Å². The van der Waals surface area contributed by atoms with Crippen LogP contribution >= 0.6 is 0 Å². The average molecular weight is 427 g/mol. The molecule has 160 valence electrons. The number of fused-ring (bicyclic) bond motifs is 1. The van der Waals surface area contributed by atoms with Crippen LogP contribution in [-0.4, -0.2) is 54.0 Å². The number of aromatic nitrogens is 4. The number of hydrogen-bond donors (Lipinski definition) is 6. The Labute approximate surface area is 173 Å². The fraction of sp³-hybridized carbons (Fsp3) is 0.167. The number of nitrogens with one attached hydrogen (secondary N) is 3. The number of aromatic amines is 1. The third kappa shape index (κ3) is 5.29. The Morgan fingerprint density at radius 1 is 1.13 bits per heavy atom. The number of rotatable bonds is 8. The highest BCUT2D eigenvalue weighted by atomic mass is 16.4. The number of nitrogens with two attached hydrogens (primary N) is 1. The fourth-order valence-corrected chi connectivity index (χ4v) is 2.60. The average Bonchev–Trinajstić information content (AvgIpc) is 2.71. The molecule has 0 saturated carbocycles. The van der Waals surface area contributed by atoms with Gasteiger partial charge in [-0.15, -0.1) is 0 Å². The number of carbonyl (C=O) groups is 3. The molecule has 2 aromatic heterocycles. The lowest BCUT2D eigenvalue weighted by Crippen LogP contribution is -2.42. The maximum atomic E-state index is 12.2. The Morgan fingerprint density at radius 3 is 2.48 bits per heavy atom. The quantitative estimate of drug-likeness (QED) is 0.271. The van der Waals surface area contributed by atoms with Crippen LogP contribution in [0.4, 0.5) is 11.6 Å². The number of H-pyrrole nitrogens is 1. The lowest BCUT2D eigenvalue weighted by molar-refractivity contribution is -0.145. The molecule has 0 unspecified atom stereocenters. The molecule has 0 aliphatic rings. The van der Waals surface area contributed by atoms with Crippen LogP contribution in [0.5, 0.6) is 0 Å². The number of carboxylic acid groups (broad SMARTS) is 2. The number of anilines is 2. The lowest BCUT2D eigenvalue weighted by atomic mass is 10.1. The van der Waals surface area contributed by atoms with Crippen molar-refractivity contribution in [3.05, 3.63) is 52.1 Å². The molecule has 0 saturated heterocycles. The van der Waals surface area contributed by atoms with E-state index in [1.54, 1.807) is 12.1 Å². The van der Waals surface area contributed by atoms with Gasteiger partial charge in [-0.2, -0.15) is 4.98 Å². The maximum Gasteiger partial charge on any atom is 0.326 e. The second-order valence-corrected chi connectivity index (χ2v) is 6.38. The zero-order chi connectivity index (χ0) is 22.5. The second-order valence-electron chi connectivity index (χ2n) is 6.38. The van der Waals surface area contributed by atoms with Crippen molar-refractivity contribution in [1.82, 2.24) is 25.3 Å². The summed E-state index contributed by atoms with van der Waals surface area (Å²) >= 11 is 0. The number of nitrogens with zero attached hydrogens (tertiary/aromatic N) is 3. The Morgan fingerprint density at radius 2 is 1.84 bits per heavy atom. The second kappa shape index (κ2) is 8.86. The molecule has 1 amide bonds. The standard InChI is InChI=1S/C18H17N7O6/c19-18-24-14-13(16(29)25-18)22-10(7-21-14)6-20-9-3-1-8(2-4-9)15(28)23-11(17(30)31)5-12(26)27/h1-4,7,11,20H,5-6H2,(H,23,28)(H,26,27)(H,30,31)(H3,19,21,24,25,29)/t11-/m0/s1. The van der Waals surface area contributed by atoms with Crippen LogP contribution in [0.2, 0.25) is 0 Å². The monoisotopic (exact) mass is 427 g/mol. The van der Waals surface area contributed by atoms with Gasteiger partial charge in [-0.1, -0.05) is 0 Å². The zero-order valence-corrected chi connectivity index (χ0v) is 15.8. The molecule has 0 fully saturated rings. The molecule has 7 N–H and O–H groups in total. The SMILES string of the molecule is Nc1nc2ncc(CNc3ccc(C(=O)N[C@@H](CC(=O)O)C(=O)O)cc3)nc2c(=O)[nH]1. The van der Waals surface area contributed by atoms with Gasteiger partial charge in [0.2, 0.25) is 5.95 Å². The molecular formula is C18H17N7O6. The van der Waals surface area contributed by atoms with Gasteiger partial charge >= 0.3 is 11.9 Å². The van der Waals surface area contributed by atoms with E-state index in [4.69, 9.17) is 15.9 Å². The Hall–Kier alpha value is -4.55. The summed E-state index contributed by atoms with van der Waals surface area (Å²) in [5.74, 6) is -3.56. The molecule has 1 aromatic carbocycles. The number of carbonyl (C=O) groups excluding carboxylic acids is 1. The first-order valence-corrected chi connectivity index (χ1v) is 8.83. The summed E-state index contributed by atoms with van der Waals surface area (Å²) in [6.07, 6.45) is 0.704. The van der Waals surface area contributed by atoms with Crippen molar-refractivity contribution in [1.29, 1.82) is 0 Å². The molecule has 3 rings (SSSR count). The third-order valence-electron chi connectivity index (χ3n) is 4.09. The number of amides is 1. The van der Waals surface area contributed by atoms with E-state index < -0.39 is 35.9 Å². The van der Waals surface area contributed by atoms with Crippen molar-refractivity contribution in [2.45, 2.75) is 19.0 Å². The molecule has 2 heterocycles. The van der Waals surface area contributed by atoms with E-state index in [0.29, 0.717) is 11.4 Å². The molecule has 0 aliphatic carbocycles. The van der Waals surface area contributed by atoms with E-state index in [0.717, 1.165) is 0 Å². The number of hydrogen-bond acceptors (Lipinski definition) is 9. The molecule has 0 spiro atoms. The number of aliphatic carboxylic acids is 2. The summed E-state index contributed by atoms with van der Waals surface area (Å²) in [6.45, 7) is 0.220. The number of carboxylic acids is 2. The molecule has 13 heteroatoms. The van der Waals surface area contributed by atoms with Gasteiger partial charge in [-0.05, 0) is 24.3 Å². The van der Waals surface area contributed by atoms with Gasteiger partial charge in [0.25, 0.3) is 11.5 Å². The molecule has 0 radical (unpaired) electrons. The van der Waals surface area contributed by atoms with Crippen LogP contribution in [0.15, 0.2) is 35.3 Å². The van der Waals surface area contributed by atoms with E-state index in [2.05, 4.69) is 30.6 Å². The number of benzene rings is 1.